The van der Waals surface area contributed by atoms with Gasteiger partial charge in [-0.1, -0.05) is 67.8 Å². The Labute approximate surface area is 189 Å². The summed E-state index contributed by atoms with van der Waals surface area (Å²) < 4.78 is 11.8. The topological polar surface area (TPSA) is 76.7 Å². The molecule has 2 N–H and O–H groups in total. The maximum atomic E-state index is 13.1. The van der Waals surface area contributed by atoms with E-state index in [0.717, 1.165) is 24.0 Å². The maximum Gasteiger partial charge on any atom is 0.338 e. The number of amides is 2. The normalized spacial score (nSPS) is 19.2. The van der Waals surface area contributed by atoms with Gasteiger partial charge < -0.3 is 20.1 Å². The van der Waals surface area contributed by atoms with Crippen LogP contribution in [0.15, 0.2) is 65.9 Å². The van der Waals surface area contributed by atoms with E-state index in [1.54, 1.807) is 6.92 Å². The molecule has 2 aromatic rings. The number of benzene rings is 2. The summed E-state index contributed by atoms with van der Waals surface area (Å²) in [5.41, 5.74) is 2.68. The lowest BCUT2D eigenvalue weighted by Crippen LogP contribution is -2.45. The van der Waals surface area contributed by atoms with Gasteiger partial charge in [-0.05, 0) is 37.3 Å². The van der Waals surface area contributed by atoms with E-state index in [-0.39, 0.29) is 6.03 Å². The number of carbonyl (C=O) groups is 2. The summed E-state index contributed by atoms with van der Waals surface area (Å²) in [7, 11) is 0. The van der Waals surface area contributed by atoms with Crippen LogP contribution in [0.4, 0.5) is 4.79 Å². The minimum Gasteiger partial charge on any atom is -0.489 e. The highest BCUT2D eigenvalue weighted by Gasteiger charge is 2.34. The van der Waals surface area contributed by atoms with Crippen LogP contribution in [0.1, 0.15) is 56.2 Å². The molecule has 1 aliphatic carbocycles. The molecule has 0 radical (unpaired) electrons. The summed E-state index contributed by atoms with van der Waals surface area (Å²) in [6.07, 6.45) is 5.83. The molecule has 0 bridgehead atoms. The van der Waals surface area contributed by atoms with Crippen molar-refractivity contribution in [1.82, 2.24) is 10.6 Å². The second kappa shape index (κ2) is 10.4. The van der Waals surface area contributed by atoms with Gasteiger partial charge in [-0.15, -0.1) is 0 Å². The van der Waals surface area contributed by atoms with E-state index in [9.17, 15) is 9.59 Å². The molecule has 32 heavy (non-hydrogen) atoms. The van der Waals surface area contributed by atoms with Crippen molar-refractivity contribution in [2.75, 3.05) is 6.61 Å². The zero-order valence-corrected chi connectivity index (χ0v) is 18.4. The molecule has 0 saturated heterocycles. The molecule has 2 amide bonds. The van der Waals surface area contributed by atoms with Gasteiger partial charge in [0.05, 0.1) is 18.2 Å². The Hall–Kier alpha value is -3.28. The fraction of sp³-hybridized carbons (Fsp3) is 0.385. The number of esters is 1. The minimum atomic E-state index is -0.644. The Morgan fingerprint density at radius 1 is 1.00 bits per heavy atom. The number of rotatable bonds is 7. The largest absolute Gasteiger partial charge is 0.489 e. The fourth-order valence-electron chi connectivity index (χ4n) is 4.41. The van der Waals surface area contributed by atoms with Crippen LogP contribution in [0.2, 0.25) is 0 Å². The highest BCUT2D eigenvalue weighted by Crippen LogP contribution is 2.34. The third kappa shape index (κ3) is 5.31. The average molecular weight is 435 g/mol. The van der Waals surface area contributed by atoms with Crippen molar-refractivity contribution in [1.29, 1.82) is 0 Å². The Morgan fingerprint density at radius 2 is 1.72 bits per heavy atom. The molecule has 0 spiro atoms. The molecule has 0 unspecified atom stereocenters. The summed E-state index contributed by atoms with van der Waals surface area (Å²) >= 11 is 0. The van der Waals surface area contributed by atoms with Crippen LogP contribution < -0.4 is 15.4 Å². The van der Waals surface area contributed by atoms with E-state index in [2.05, 4.69) is 10.6 Å². The third-order valence-electron chi connectivity index (χ3n) is 6.13. The van der Waals surface area contributed by atoms with Crippen LogP contribution in [-0.2, 0) is 16.1 Å². The second-order valence-electron chi connectivity index (χ2n) is 8.48. The summed E-state index contributed by atoms with van der Waals surface area (Å²) in [6.45, 7) is 2.54. The Bertz CT molecular complexity index is 980. The summed E-state index contributed by atoms with van der Waals surface area (Å²) in [6, 6.07) is 16.4. The van der Waals surface area contributed by atoms with Crippen molar-refractivity contribution < 1.29 is 19.1 Å². The molecule has 0 aromatic heterocycles. The first-order valence-corrected chi connectivity index (χ1v) is 11.3. The zero-order chi connectivity index (χ0) is 22.3. The lowest BCUT2D eigenvalue weighted by molar-refractivity contribution is -0.141. The van der Waals surface area contributed by atoms with Crippen molar-refractivity contribution in [3.8, 4) is 5.75 Å². The van der Waals surface area contributed by atoms with E-state index in [1.807, 2.05) is 54.6 Å². The van der Waals surface area contributed by atoms with Crippen LogP contribution in [-0.4, -0.2) is 18.6 Å². The monoisotopic (exact) mass is 434 g/mol. The third-order valence-corrected chi connectivity index (χ3v) is 6.13. The lowest BCUT2D eigenvalue weighted by Gasteiger charge is -2.30. The first kappa shape index (κ1) is 21.9. The van der Waals surface area contributed by atoms with Gasteiger partial charge in [0, 0.05) is 11.3 Å². The maximum absolute atomic E-state index is 13.1. The smallest absolute Gasteiger partial charge is 0.338 e. The molecule has 6 heteroatoms. The van der Waals surface area contributed by atoms with Gasteiger partial charge in [0.2, 0.25) is 0 Å². The first-order valence-electron chi connectivity index (χ1n) is 11.3. The fourth-order valence-corrected chi connectivity index (χ4v) is 4.41. The summed E-state index contributed by atoms with van der Waals surface area (Å²) in [5.74, 6) is 0.636. The predicted molar refractivity (Wildman–Crippen MR) is 122 cm³/mol. The highest BCUT2D eigenvalue weighted by atomic mass is 16.5. The van der Waals surface area contributed by atoms with Crippen molar-refractivity contribution in [3.05, 3.63) is 77.0 Å². The van der Waals surface area contributed by atoms with Crippen molar-refractivity contribution in [2.24, 2.45) is 5.92 Å². The van der Waals surface area contributed by atoms with Gasteiger partial charge in [-0.2, -0.15) is 0 Å². The average Bonchev–Trinajstić information content (AvgIpc) is 2.82. The van der Waals surface area contributed by atoms with Crippen molar-refractivity contribution in [2.45, 2.75) is 51.7 Å². The minimum absolute atomic E-state index is 0.353. The van der Waals surface area contributed by atoms with Crippen LogP contribution >= 0.6 is 0 Å². The molecular weight excluding hydrogens is 404 g/mol. The van der Waals surface area contributed by atoms with Gasteiger partial charge in [0.1, 0.15) is 12.4 Å². The van der Waals surface area contributed by atoms with Gasteiger partial charge in [0.15, 0.2) is 0 Å². The van der Waals surface area contributed by atoms with Gasteiger partial charge in [0.25, 0.3) is 0 Å². The number of carbonyl (C=O) groups excluding carboxylic acids is 2. The number of allylic oxidation sites excluding steroid dienone is 1. The first-order chi connectivity index (χ1) is 15.6. The van der Waals surface area contributed by atoms with Gasteiger partial charge in [-0.25, -0.2) is 9.59 Å². The molecule has 1 aliphatic heterocycles. The molecule has 2 aliphatic rings. The molecule has 1 atom stereocenters. The van der Waals surface area contributed by atoms with E-state index in [4.69, 9.17) is 9.47 Å². The molecule has 6 nitrogen and oxygen atoms in total. The number of nitrogens with one attached hydrogen (secondary N) is 2. The molecule has 1 saturated carbocycles. The van der Waals surface area contributed by atoms with Crippen LogP contribution in [0, 0.1) is 5.92 Å². The molecular formula is C26H30N2O4. The number of ether oxygens (including phenoxy) is 2. The molecule has 2 aromatic carbocycles. The van der Waals surface area contributed by atoms with E-state index in [0.29, 0.717) is 36.2 Å². The predicted octanol–water partition coefficient (Wildman–Crippen LogP) is 5.02. The van der Waals surface area contributed by atoms with E-state index in [1.165, 1.54) is 19.3 Å². The lowest BCUT2D eigenvalue weighted by atomic mass is 9.90. The zero-order valence-electron chi connectivity index (χ0n) is 18.4. The highest BCUT2D eigenvalue weighted by molar-refractivity contribution is 5.95. The van der Waals surface area contributed by atoms with Gasteiger partial charge >= 0.3 is 12.0 Å². The van der Waals surface area contributed by atoms with Crippen molar-refractivity contribution in [3.63, 3.8) is 0 Å². The number of hydrogen-bond donors (Lipinski definition) is 2. The van der Waals surface area contributed by atoms with Crippen molar-refractivity contribution >= 4 is 12.0 Å². The second-order valence-corrected chi connectivity index (χ2v) is 8.48. The number of urea groups is 1. The van der Waals surface area contributed by atoms with Gasteiger partial charge in [-0.3, -0.25) is 0 Å². The standard InChI is InChI=1S/C26H30N2O4/c1-18-23(25(29)32-17-20-12-6-3-7-13-20)24(28-26(30)27-18)21-14-8-9-15-22(21)31-16-19-10-4-2-5-11-19/h2,4-5,8-11,14-15,20,24H,3,6-7,12-13,16-17H2,1H3,(H2,27,28,30)/t24-/m1/s1. The van der Waals surface area contributed by atoms with Crippen LogP contribution in [0.3, 0.4) is 0 Å². The summed E-state index contributed by atoms with van der Waals surface area (Å²) in [4.78, 5) is 25.4. The number of para-hydroxylation sites is 1. The van der Waals surface area contributed by atoms with Crippen LogP contribution in [0.25, 0.3) is 0 Å². The molecule has 1 fully saturated rings. The summed E-state index contributed by atoms with van der Waals surface area (Å²) in [5, 5.41) is 5.60. The Morgan fingerprint density at radius 3 is 2.50 bits per heavy atom. The quantitative estimate of drug-likeness (QED) is 0.600. The molecule has 1 heterocycles. The van der Waals surface area contributed by atoms with Crippen LogP contribution in [0.5, 0.6) is 5.75 Å². The van der Waals surface area contributed by atoms with E-state index < -0.39 is 12.0 Å². The molecule has 4 rings (SSSR count). The Kier molecular flexibility index (Phi) is 7.10. The molecule has 168 valence electrons. The Balaban J connectivity index is 1.54. The SMILES string of the molecule is CC1=C(C(=O)OCC2CCCCC2)[C@@H](c2ccccc2OCc2ccccc2)NC(=O)N1. The van der Waals surface area contributed by atoms with E-state index >= 15 is 0 Å². The number of hydrogen-bond acceptors (Lipinski definition) is 4.